The van der Waals surface area contributed by atoms with E-state index >= 15 is 0 Å². The lowest BCUT2D eigenvalue weighted by atomic mass is 10.2. The number of nitrogens with one attached hydrogen (secondary N) is 2. The third kappa shape index (κ3) is 4.60. The zero-order chi connectivity index (χ0) is 16.9. The highest BCUT2D eigenvalue weighted by molar-refractivity contribution is 7.89. The van der Waals surface area contributed by atoms with E-state index in [9.17, 15) is 8.42 Å². The van der Waals surface area contributed by atoms with E-state index in [0.29, 0.717) is 30.0 Å². The molecule has 7 heteroatoms. The van der Waals surface area contributed by atoms with E-state index < -0.39 is 10.0 Å². The molecule has 2 rings (SSSR count). The monoisotopic (exact) mass is 336 g/mol. The van der Waals surface area contributed by atoms with Gasteiger partial charge in [-0.2, -0.15) is 5.26 Å². The van der Waals surface area contributed by atoms with Crippen LogP contribution in [0.4, 0.5) is 5.69 Å². The van der Waals surface area contributed by atoms with Crippen molar-refractivity contribution in [1.82, 2.24) is 9.62 Å². The van der Waals surface area contributed by atoms with Crippen LogP contribution in [0.1, 0.15) is 31.7 Å². The summed E-state index contributed by atoms with van der Waals surface area (Å²) in [7, 11) is -3.59. The van der Waals surface area contributed by atoms with Crippen LogP contribution < -0.4 is 10.0 Å². The molecule has 1 heterocycles. The fourth-order valence-corrected chi connectivity index (χ4v) is 4.17. The highest BCUT2D eigenvalue weighted by atomic mass is 32.2. The van der Waals surface area contributed by atoms with Gasteiger partial charge in [0.05, 0.1) is 4.90 Å². The molecule has 0 radical (unpaired) electrons. The molecule has 1 aromatic rings. The molecule has 1 aliphatic rings. The Morgan fingerprint density at radius 1 is 1.43 bits per heavy atom. The Balaban J connectivity index is 2.12. The SMILES string of the molecule is CCCCNc1ccc(C)c(S(=O)(=O)N[C@@H]2CCN(C#N)C2)c1. The third-order valence-corrected chi connectivity index (χ3v) is 5.65. The summed E-state index contributed by atoms with van der Waals surface area (Å²) in [6.07, 6.45) is 4.84. The zero-order valence-electron chi connectivity index (χ0n) is 13.7. The molecule has 0 amide bonds. The molecule has 0 aliphatic carbocycles. The molecule has 23 heavy (non-hydrogen) atoms. The number of sulfonamides is 1. The number of unbranched alkanes of at least 4 members (excludes halogenated alkanes) is 1. The van der Waals surface area contributed by atoms with E-state index in [0.717, 1.165) is 25.1 Å². The first-order valence-electron chi connectivity index (χ1n) is 7.98. The number of benzene rings is 1. The minimum atomic E-state index is -3.59. The molecule has 1 fully saturated rings. The Morgan fingerprint density at radius 2 is 2.22 bits per heavy atom. The van der Waals surface area contributed by atoms with Crippen molar-refractivity contribution in [1.29, 1.82) is 5.26 Å². The van der Waals surface area contributed by atoms with Crippen LogP contribution in [0.25, 0.3) is 0 Å². The maximum Gasteiger partial charge on any atom is 0.241 e. The molecule has 126 valence electrons. The summed E-state index contributed by atoms with van der Waals surface area (Å²) in [4.78, 5) is 1.87. The maximum atomic E-state index is 12.6. The van der Waals surface area contributed by atoms with Crippen LogP contribution in [-0.4, -0.2) is 39.0 Å². The summed E-state index contributed by atoms with van der Waals surface area (Å²) in [5.74, 6) is 0. The van der Waals surface area contributed by atoms with Crippen LogP contribution in [0, 0.1) is 18.4 Å². The van der Waals surface area contributed by atoms with Gasteiger partial charge in [-0.25, -0.2) is 13.1 Å². The van der Waals surface area contributed by atoms with Crippen molar-refractivity contribution in [2.75, 3.05) is 25.0 Å². The highest BCUT2D eigenvalue weighted by Crippen LogP contribution is 2.21. The van der Waals surface area contributed by atoms with Gasteiger partial charge < -0.3 is 10.2 Å². The molecule has 6 nitrogen and oxygen atoms in total. The van der Waals surface area contributed by atoms with Crippen LogP contribution in [0.3, 0.4) is 0 Å². The van der Waals surface area contributed by atoms with Gasteiger partial charge in [0.25, 0.3) is 0 Å². The summed E-state index contributed by atoms with van der Waals surface area (Å²) >= 11 is 0. The molecule has 0 saturated carbocycles. The number of anilines is 1. The molecule has 1 aliphatic heterocycles. The predicted molar refractivity (Wildman–Crippen MR) is 90.5 cm³/mol. The molecule has 2 N–H and O–H groups in total. The lowest BCUT2D eigenvalue weighted by molar-refractivity contribution is 0.470. The van der Waals surface area contributed by atoms with Gasteiger partial charge in [-0.3, -0.25) is 0 Å². The number of hydrogen-bond acceptors (Lipinski definition) is 5. The van der Waals surface area contributed by atoms with Gasteiger partial charge in [0, 0.05) is 31.4 Å². The van der Waals surface area contributed by atoms with E-state index in [4.69, 9.17) is 5.26 Å². The molecule has 0 aromatic heterocycles. The van der Waals surface area contributed by atoms with E-state index in [1.54, 1.807) is 17.9 Å². The van der Waals surface area contributed by atoms with E-state index in [-0.39, 0.29) is 6.04 Å². The average Bonchev–Trinajstić information content (AvgIpc) is 2.96. The Morgan fingerprint density at radius 3 is 2.87 bits per heavy atom. The molecular formula is C16H24N4O2S. The number of nitriles is 1. The summed E-state index contributed by atoms with van der Waals surface area (Å²) < 4.78 is 28.0. The quantitative estimate of drug-likeness (QED) is 0.588. The second kappa shape index (κ2) is 7.66. The summed E-state index contributed by atoms with van der Waals surface area (Å²) in [6, 6.07) is 5.19. The number of rotatable bonds is 7. The Labute approximate surface area is 138 Å². The van der Waals surface area contributed by atoms with Crippen molar-refractivity contribution < 1.29 is 8.42 Å². The van der Waals surface area contributed by atoms with Crippen LogP contribution in [0.15, 0.2) is 23.1 Å². The zero-order valence-corrected chi connectivity index (χ0v) is 14.5. The van der Waals surface area contributed by atoms with Crippen LogP contribution in [-0.2, 0) is 10.0 Å². The number of nitrogens with zero attached hydrogens (tertiary/aromatic N) is 2. The molecule has 1 atom stereocenters. The molecule has 0 bridgehead atoms. The van der Waals surface area contributed by atoms with Crippen LogP contribution in [0.2, 0.25) is 0 Å². The number of hydrogen-bond donors (Lipinski definition) is 2. The average molecular weight is 336 g/mol. The second-order valence-corrected chi connectivity index (χ2v) is 7.60. The van der Waals surface area contributed by atoms with Crippen molar-refractivity contribution >= 4 is 15.7 Å². The highest BCUT2D eigenvalue weighted by Gasteiger charge is 2.27. The van der Waals surface area contributed by atoms with Gasteiger partial charge in [-0.15, -0.1) is 0 Å². The first-order valence-corrected chi connectivity index (χ1v) is 9.46. The van der Waals surface area contributed by atoms with Crippen molar-refractivity contribution in [3.8, 4) is 6.19 Å². The Bertz CT molecular complexity index is 682. The molecule has 0 unspecified atom stereocenters. The van der Waals surface area contributed by atoms with Gasteiger partial charge in [-0.1, -0.05) is 19.4 Å². The van der Waals surface area contributed by atoms with E-state index in [1.807, 2.05) is 12.1 Å². The minimum absolute atomic E-state index is 0.212. The number of likely N-dealkylation sites (tertiary alicyclic amines) is 1. The molecule has 1 saturated heterocycles. The second-order valence-electron chi connectivity index (χ2n) is 5.91. The van der Waals surface area contributed by atoms with Crippen molar-refractivity contribution in [3.05, 3.63) is 23.8 Å². The minimum Gasteiger partial charge on any atom is -0.385 e. The molecule has 0 spiro atoms. The van der Waals surface area contributed by atoms with Crippen molar-refractivity contribution in [2.45, 2.75) is 44.0 Å². The summed E-state index contributed by atoms with van der Waals surface area (Å²) in [6.45, 7) is 5.76. The summed E-state index contributed by atoms with van der Waals surface area (Å²) in [5.41, 5.74) is 1.53. The third-order valence-electron chi connectivity index (χ3n) is 3.99. The van der Waals surface area contributed by atoms with Gasteiger partial charge in [0.15, 0.2) is 6.19 Å². The topological polar surface area (TPSA) is 85.2 Å². The summed E-state index contributed by atoms with van der Waals surface area (Å²) in [5, 5.41) is 12.1. The fourth-order valence-electron chi connectivity index (χ4n) is 2.64. The normalized spacial score (nSPS) is 18.0. The predicted octanol–water partition coefficient (Wildman–Crippen LogP) is 2.04. The molecule has 1 aromatic carbocycles. The lowest BCUT2D eigenvalue weighted by Gasteiger charge is -2.15. The maximum absolute atomic E-state index is 12.6. The number of aryl methyl sites for hydroxylation is 1. The van der Waals surface area contributed by atoms with E-state index in [2.05, 4.69) is 23.2 Å². The first kappa shape index (κ1) is 17.6. The first-order chi connectivity index (χ1) is 11.0. The van der Waals surface area contributed by atoms with Crippen LogP contribution in [0.5, 0.6) is 0 Å². The van der Waals surface area contributed by atoms with E-state index in [1.165, 1.54) is 0 Å². The Kier molecular flexibility index (Phi) is 5.85. The van der Waals surface area contributed by atoms with Gasteiger partial charge >= 0.3 is 0 Å². The smallest absolute Gasteiger partial charge is 0.241 e. The standard InChI is InChI=1S/C16H24N4O2S/c1-3-4-8-18-14-6-5-13(2)16(10-14)23(21,22)19-15-7-9-20(11-15)12-17/h5-6,10,15,18-19H,3-4,7-9,11H2,1-2H3/t15-/m1/s1. The lowest BCUT2D eigenvalue weighted by Crippen LogP contribution is -2.36. The Hall–Kier alpha value is -1.78. The fraction of sp³-hybridized carbons (Fsp3) is 0.562. The van der Waals surface area contributed by atoms with Gasteiger partial charge in [0.1, 0.15) is 0 Å². The molecular weight excluding hydrogens is 312 g/mol. The van der Waals surface area contributed by atoms with Crippen molar-refractivity contribution in [2.24, 2.45) is 0 Å². The van der Waals surface area contributed by atoms with Gasteiger partial charge in [0.2, 0.25) is 10.0 Å². The van der Waals surface area contributed by atoms with Gasteiger partial charge in [-0.05, 0) is 37.5 Å². The largest absolute Gasteiger partial charge is 0.385 e. The van der Waals surface area contributed by atoms with Crippen molar-refractivity contribution in [3.63, 3.8) is 0 Å². The van der Waals surface area contributed by atoms with Crippen LogP contribution >= 0.6 is 0 Å².